The van der Waals surface area contributed by atoms with Crippen LogP contribution < -0.4 is 29.5 Å². The van der Waals surface area contributed by atoms with Crippen LogP contribution in [0.3, 0.4) is 0 Å². The maximum atomic E-state index is 13.5. The summed E-state index contributed by atoms with van der Waals surface area (Å²) in [6.45, 7) is 7.63. The van der Waals surface area contributed by atoms with E-state index in [1.807, 2.05) is 91.0 Å². The van der Waals surface area contributed by atoms with Crippen LogP contribution in [0, 0.1) is 0 Å². The molecule has 2 saturated heterocycles. The number of benzene rings is 6. The molecule has 2 aliphatic heterocycles. The number of pyridine rings is 2. The second-order valence-corrected chi connectivity index (χ2v) is 17.8. The van der Waals surface area contributed by atoms with Gasteiger partial charge in [0.1, 0.15) is 22.5 Å². The Morgan fingerprint density at radius 2 is 1.00 bits per heavy atom. The number of halogens is 4. The number of ether oxygens (including phenoxy) is 2. The topological polar surface area (TPSA) is 100 Å². The van der Waals surface area contributed by atoms with Crippen molar-refractivity contribution in [1.29, 1.82) is 0 Å². The van der Waals surface area contributed by atoms with Gasteiger partial charge in [0, 0.05) is 130 Å². The first kappa shape index (κ1) is 46.0. The molecule has 2 aromatic heterocycles. The molecule has 69 heavy (non-hydrogen) atoms. The van der Waals surface area contributed by atoms with Gasteiger partial charge in [-0.15, -0.1) is 0 Å². The summed E-state index contributed by atoms with van der Waals surface area (Å²) < 4.78 is 26.1. The molecule has 350 valence electrons. The van der Waals surface area contributed by atoms with Gasteiger partial charge in [-0.25, -0.2) is 9.97 Å². The predicted octanol–water partition coefficient (Wildman–Crippen LogP) is 11.9. The summed E-state index contributed by atoms with van der Waals surface area (Å²) in [6.07, 6.45) is 0. The van der Waals surface area contributed by atoms with Gasteiger partial charge in [0.2, 0.25) is 0 Å². The number of ketones is 2. The van der Waals surface area contributed by atoms with Crippen LogP contribution in [0.15, 0.2) is 133 Å². The minimum absolute atomic E-state index is 0.0253. The number of hydrogen-bond acceptors (Lipinski definition) is 10. The molecule has 4 aliphatic rings. The highest BCUT2D eigenvalue weighted by atomic mass is 35.5. The number of para-hydroxylation sites is 2. The number of alkyl halides is 1. The fraction of sp³-hybridized carbons (Fsp3) is 0.200. The van der Waals surface area contributed by atoms with E-state index in [1.54, 1.807) is 32.4 Å². The van der Waals surface area contributed by atoms with Gasteiger partial charge >= 0.3 is 0 Å². The zero-order chi connectivity index (χ0) is 48.9. The minimum atomic E-state index is -1.00. The van der Waals surface area contributed by atoms with E-state index in [4.69, 9.17) is 50.6 Å². The SMILES string of the molecule is COc1cccc(N2CCN(c3nc4ccccc4c4c3-c3ccc(Cl)cc3C4=O)CC2)c1.COc1cccc(N2CCNCC2)c1.O=C1c2cc(Cl)ccc2-c2c(Cl)nc3ccccc3c21.[2H]CF. The number of fused-ring (bicyclic) bond motifs is 10. The molecule has 0 amide bonds. The summed E-state index contributed by atoms with van der Waals surface area (Å²) in [7, 11) is 2.40. The largest absolute Gasteiger partial charge is 0.497 e. The van der Waals surface area contributed by atoms with E-state index in [9.17, 15) is 14.0 Å². The standard InChI is InChI=1S/C27H22ClN3O2.C16H7Cl2NO.C11H16N2O.CH3F/c1-33-19-6-4-5-18(16-19)30-11-13-31(14-12-30)27-25-20-10-9-17(28)15-22(20)26(32)24(25)21-7-2-3-8-23(21)29-27;17-8-5-6-9-11(7-8)15(20)13-10-3-1-2-4-12(10)19-16(18)14(9)13;1-14-11-4-2-3-10(9-11)13-7-5-12-6-8-13;1-2/h2-10,15-16H,11-14H2,1H3;1-7H;2-4,9,12H,5-8H2,1H3;1H3/i;;;1D. The number of nitrogens with zero attached hydrogens (tertiary/aromatic N) is 5. The number of anilines is 3. The number of carbonyl (C=O) groups excluding carboxylic acids is 2. The number of methoxy groups -OCH3 is 2. The number of piperazine rings is 2. The lowest BCUT2D eigenvalue weighted by Gasteiger charge is -2.37. The normalized spacial score (nSPS) is 14.5. The molecular weight excluding hydrogens is 934 g/mol. The second-order valence-electron chi connectivity index (χ2n) is 16.5. The smallest absolute Gasteiger partial charge is 0.195 e. The van der Waals surface area contributed by atoms with Gasteiger partial charge < -0.3 is 29.5 Å². The number of rotatable bonds is 5. The van der Waals surface area contributed by atoms with Crippen molar-refractivity contribution in [3.8, 4) is 33.8 Å². The lowest BCUT2D eigenvalue weighted by atomic mass is 10.0. The molecule has 6 aromatic carbocycles. The van der Waals surface area contributed by atoms with E-state index in [0.717, 1.165) is 119 Å². The van der Waals surface area contributed by atoms with E-state index < -0.39 is 7.15 Å². The summed E-state index contributed by atoms with van der Waals surface area (Å²) >= 11 is 18.5. The van der Waals surface area contributed by atoms with Crippen LogP contribution in [-0.2, 0) is 0 Å². The van der Waals surface area contributed by atoms with Crippen LogP contribution >= 0.6 is 34.8 Å². The summed E-state index contributed by atoms with van der Waals surface area (Å²) in [6, 6.07) is 42.6. The summed E-state index contributed by atoms with van der Waals surface area (Å²) in [5, 5.41) is 6.52. The van der Waals surface area contributed by atoms with Crippen LogP contribution in [-0.4, -0.2) is 95.3 Å². The molecule has 8 aromatic rings. The Morgan fingerprint density at radius 1 is 0.536 bits per heavy atom. The molecule has 14 heteroatoms. The Hall–Kier alpha value is -6.76. The summed E-state index contributed by atoms with van der Waals surface area (Å²) in [5.74, 6) is 2.65. The highest BCUT2D eigenvalue weighted by molar-refractivity contribution is 6.39. The van der Waals surface area contributed by atoms with Crippen molar-refractivity contribution in [1.82, 2.24) is 15.3 Å². The summed E-state index contributed by atoms with van der Waals surface area (Å²) in [4.78, 5) is 42.6. The first-order valence-electron chi connectivity index (χ1n) is 23.1. The number of aromatic nitrogens is 2. The Kier molecular flexibility index (Phi) is 13.9. The van der Waals surface area contributed by atoms with Crippen LogP contribution in [0.5, 0.6) is 11.5 Å². The Morgan fingerprint density at radius 3 is 1.54 bits per heavy atom. The molecule has 12 rings (SSSR count). The lowest BCUT2D eigenvalue weighted by molar-refractivity contribution is 0.103. The van der Waals surface area contributed by atoms with Crippen molar-refractivity contribution in [2.75, 3.05) is 88.4 Å². The third-order valence-electron chi connectivity index (χ3n) is 12.7. The van der Waals surface area contributed by atoms with Gasteiger partial charge in [-0.1, -0.05) is 95.5 Å². The molecule has 2 aliphatic carbocycles. The van der Waals surface area contributed by atoms with E-state index in [-0.39, 0.29) is 11.6 Å². The zero-order valence-corrected chi connectivity index (χ0v) is 40.2. The van der Waals surface area contributed by atoms with E-state index >= 15 is 0 Å². The monoisotopic (exact) mass is 981 g/mol. The van der Waals surface area contributed by atoms with Gasteiger partial charge in [-0.2, -0.15) is 0 Å². The number of carbonyl (C=O) groups is 2. The van der Waals surface area contributed by atoms with Crippen molar-refractivity contribution in [2.24, 2.45) is 0 Å². The van der Waals surface area contributed by atoms with Gasteiger partial charge in [-0.3, -0.25) is 14.0 Å². The molecule has 4 heterocycles. The third-order valence-corrected chi connectivity index (χ3v) is 13.4. The zero-order valence-electron chi connectivity index (χ0n) is 38.9. The maximum absolute atomic E-state index is 13.5. The quantitative estimate of drug-likeness (QED) is 0.168. The fourth-order valence-corrected chi connectivity index (χ4v) is 10.0. The summed E-state index contributed by atoms with van der Waals surface area (Å²) in [5.41, 5.74) is 9.95. The fourth-order valence-electron chi connectivity index (χ4n) is 9.41. The second kappa shape index (κ2) is 20.9. The van der Waals surface area contributed by atoms with Crippen molar-refractivity contribution < 1.29 is 24.8 Å². The number of nitrogens with one attached hydrogen (secondary N) is 1. The van der Waals surface area contributed by atoms with Crippen LogP contribution in [0.1, 0.15) is 33.2 Å². The van der Waals surface area contributed by atoms with Crippen molar-refractivity contribution in [3.63, 3.8) is 0 Å². The third kappa shape index (κ3) is 9.40. The highest BCUT2D eigenvalue weighted by Gasteiger charge is 2.35. The lowest BCUT2D eigenvalue weighted by Crippen LogP contribution is -2.47. The van der Waals surface area contributed by atoms with Crippen LogP contribution in [0.4, 0.5) is 21.6 Å². The predicted molar refractivity (Wildman–Crippen MR) is 279 cm³/mol. The first-order valence-corrected chi connectivity index (χ1v) is 23.5. The molecule has 0 spiro atoms. The first-order chi connectivity index (χ1) is 34.1. The van der Waals surface area contributed by atoms with Gasteiger partial charge in [0.25, 0.3) is 0 Å². The van der Waals surface area contributed by atoms with E-state index in [2.05, 4.69) is 49.3 Å². The Bertz CT molecular complexity index is 3260. The highest BCUT2D eigenvalue weighted by Crippen LogP contribution is 2.47. The molecule has 1 N–H and O–H groups in total. The van der Waals surface area contributed by atoms with Crippen molar-refractivity contribution >= 4 is 85.4 Å². The van der Waals surface area contributed by atoms with Gasteiger partial charge in [0.05, 0.1) is 33.8 Å². The molecule has 10 nitrogen and oxygen atoms in total. The Labute approximate surface area is 416 Å². The van der Waals surface area contributed by atoms with Gasteiger partial charge in [0.15, 0.2) is 11.6 Å². The minimum Gasteiger partial charge on any atom is -0.497 e. The average molecular weight is 983 g/mol. The maximum Gasteiger partial charge on any atom is 0.195 e. The van der Waals surface area contributed by atoms with Crippen molar-refractivity contribution in [3.05, 3.63) is 171 Å². The molecule has 0 unspecified atom stereocenters. The van der Waals surface area contributed by atoms with E-state index in [0.29, 0.717) is 37.5 Å². The molecular formula is C55H48Cl3FN6O4. The van der Waals surface area contributed by atoms with Gasteiger partial charge in [-0.05, 0) is 71.8 Å². The molecule has 2 fully saturated rings. The van der Waals surface area contributed by atoms with E-state index in [1.165, 1.54) is 5.69 Å². The number of hydrogen-bond donors (Lipinski definition) is 1. The molecule has 0 radical (unpaired) electrons. The average Bonchev–Trinajstić information content (AvgIpc) is 3.86. The molecule has 0 atom stereocenters. The Balaban J connectivity index is 0.000000139. The van der Waals surface area contributed by atoms with Crippen LogP contribution in [0.2, 0.25) is 15.2 Å². The van der Waals surface area contributed by atoms with Crippen LogP contribution in [0.25, 0.3) is 44.1 Å². The van der Waals surface area contributed by atoms with Crippen molar-refractivity contribution in [2.45, 2.75) is 0 Å². The molecule has 0 bridgehead atoms. The molecule has 0 saturated carbocycles.